The van der Waals surface area contributed by atoms with Gasteiger partial charge in [-0.15, -0.1) is 12.1 Å². The Labute approximate surface area is 142 Å². The molecule has 0 aromatic heterocycles. The SMILES string of the molecule is C=C(CN1CCSC(C)CC1)[B-](F)(F)F.[K+]. The van der Waals surface area contributed by atoms with Crippen LogP contribution in [0.4, 0.5) is 12.9 Å². The predicted molar refractivity (Wildman–Crippen MR) is 61.2 cm³/mol. The van der Waals surface area contributed by atoms with E-state index in [9.17, 15) is 12.9 Å². The molecular formula is C9H16BF3KNS. The van der Waals surface area contributed by atoms with E-state index in [1.807, 2.05) is 16.7 Å². The third kappa shape index (κ3) is 6.47. The molecule has 0 spiro atoms. The summed E-state index contributed by atoms with van der Waals surface area (Å²) in [6.45, 7) is 1.85. The molecule has 0 aromatic carbocycles. The van der Waals surface area contributed by atoms with Crippen LogP contribution in [0.1, 0.15) is 13.3 Å². The number of hydrogen-bond acceptors (Lipinski definition) is 2. The molecule has 7 heteroatoms. The van der Waals surface area contributed by atoms with Crippen molar-refractivity contribution in [3.8, 4) is 0 Å². The molecule has 0 aromatic rings. The van der Waals surface area contributed by atoms with Gasteiger partial charge in [-0.3, -0.25) is 0 Å². The Balaban J connectivity index is 0.00000225. The average Bonchev–Trinajstić information content (AvgIpc) is 2.29. The zero-order chi connectivity index (χ0) is 11.5. The van der Waals surface area contributed by atoms with Crippen LogP contribution in [0, 0.1) is 0 Å². The van der Waals surface area contributed by atoms with E-state index in [0.717, 1.165) is 25.3 Å². The molecular weight excluding hydrogens is 261 g/mol. The minimum Gasteiger partial charge on any atom is -0.445 e. The summed E-state index contributed by atoms with van der Waals surface area (Å²) < 4.78 is 36.9. The Hall–Kier alpha value is 1.54. The molecule has 1 heterocycles. The Morgan fingerprint density at radius 2 is 2.06 bits per heavy atom. The van der Waals surface area contributed by atoms with Crippen LogP contribution in [-0.2, 0) is 0 Å². The van der Waals surface area contributed by atoms with Crippen LogP contribution in [0.15, 0.2) is 12.1 Å². The van der Waals surface area contributed by atoms with Crippen LogP contribution in [0.3, 0.4) is 0 Å². The van der Waals surface area contributed by atoms with Gasteiger partial charge in [-0.05, 0) is 19.5 Å². The number of hydrogen-bond donors (Lipinski definition) is 0. The van der Waals surface area contributed by atoms with Crippen molar-refractivity contribution in [3.63, 3.8) is 0 Å². The second-order valence-corrected chi connectivity index (χ2v) is 5.53. The molecule has 1 aliphatic rings. The molecule has 0 N–H and O–H groups in total. The summed E-state index contributed by atoms with van der Waals surface area (Å²) in [6, 6.07) is 0. The second-order valence-electron chi connectivity index (χ2n) is 3.98. The number of thioether (sulfide) groups is 1. The van der Waals surface area contributed by atoms with Crippen molar-refractivity contribution in [1.29, 1.82) is 0 Å². The van der Waals surface area contributed by atoms with E-state index in [1.54, 1.807) is 0 Å². The van der Waals surface area contributed by atoms with Crippen LogP contribution in [0.2, 0.25) is 0 Å². The molecule has 1 nitrogen and oxygen atoms in total. The Kier molecular flexibility index (Phi) is 8.62. The van der Waals surface area contributed by atoms with Gasteiger partial charge in [0.25, 0.3) is 0 Å². The first-order valence-electron chi connectivity index (χ1n) is 5.11. The molecule has 1 rings (SSSR count). The van der Waals surface area contributed by atoms with E-state index in [4.69, 9.17) is 0 Å². The number of nitrogens with zero attached hydrogens (tertiary/aromatic N) is 1. The molecule has 0 amide bonds. The maximum Gasteiger partial charge on any atom is 1.00 e. The van der Waals surface area contributed by atoms with Crippen LogP contribution in [0.25, 0.3) is 0 Å². The molecule has 1 fully saturated rings. The fourth-order valence-electron chi connectivity index (χ4n) is 1.49. The van der Waals surface area contributed by atoms with Crippen molar-refractivity contribution in [1.82, 2.24) is 4.90 Å². The molecule has 1 aliphatic heterocycles. The molecule has 0 aliphatic carbocycles. The van der Waals surface area contributed by atoms with Gasteiger partial charge < -0.3 is 17.8 Å². The van der Waals surface area contributed by atoms with E-state index < -0.39 is 12.4 Å². The van der Waals surface area contributed by atoms with Crippen molar-refractivity contribution in [2.45, 2.75) is 18.6 Å². The van der Waals surface area contributed by atoms with Gasteiger partial charge >= 0.3 is 58.4 Å². The quantitative estimate of drug-likeness (QED) is 0.655. The molecule has 1 atom stereocenters. The van der Waals surface area contributed by atoms with Gasteiger partial charge in [-0.25, -0.2) is 0 Å². The average molecular weight is 277 g/mol. The van der Waals surface area contributed by atoms with Crippen molar-refractivity contribution < 1.29 is 64.3 Å². The first-order chi connectivity index (χ1) is 6.89. The minimum atomic E-state index is -4.86. The van der Waals surface area contributed by atoms with E-state index in [-0.39, 0.29) is 57.9 Å². The summed E-state index contributed by atoms with van der Waals surface area (Å²) in [4.78, 5) is 1.86. The Morgan fingerprint density at radius 1 is 1.44 bits per heavy atom. The molecule has 1 saturated heterocycles. The fraction of sp³-hybridized carbons (Fsp3) is 0.778. The van der Waals surface area contributed by atoms with Crippen LogP contribution in [0.5, 0.6) is 0 Å². The number of halogens is 3. The molecule has 16 heavy (non-hydrogen) atoms. The molecule has 0 bridgehead atoms. The van der Waals surface area contributed by atoms with Gasteiger partial charge in [0.15, 0.2) is 0 Å². The van der Waals surface area contributed by atoms with Crippen molar-refractivity contribution in [3.05, 3.63) is 12.1 Å². The van der Waals surface area contributed by atoms with E-state index in [1.165, 1.54) is 0 Å². The van der Waals surface area contributed by atoms with Crippen molar-refractivity contribution in [2.24, 2.45) is 0 Å². The van der Waals surface area contributed by atoms with Crippen molar-refractivity contribution in [2.75, 3.05) is 25.4 Å². The zero-order valence-corrected chi connectivity index (χ0v) is 13.8. The normalized spacial score (nSPS) is 23.4. The molecule has 88 valence electrons. The molecule has 1 unspecified atom stereocenters. The summed E-state index contributed by atoms with van der Waals surface area (Å²) >= 11 is 1.83. The largest absolute Gasteiger partial charge is 1.00 e. The van der Waals surface area contributed by atoms with Gasteiger partial charge in [-0.2, -0.15) is 11.8 Å². The topological polar surface area (TPSA) is 3.24 Å². The van der Waals surface area contributed by atoms with Gasteiger partial charge in [0, 0.05) is 17.5 Å². The smallest absolute Gasteiger partial charge is 0.445 e. The summed E-state index contributed by atoms with van der Waals surface area (Å²) in [7, 11) is 0. The molecule has 0 radical (unpaired) electrons. The fourth-order valence-corrected chi connectivity index (χ4v) is 2.53. The third-order valence-electron chi connectivity index (χ3n) is 2.55. The van der Waals surface area contributed by atoms with Gasteiger partial charge in [0.2, 0.25) is 0 Å². The van der Waals surface area contributed by atoms with Crippen LogP contribution in [-0.4, -0.2) is 42.5 Å². The monoisotopic (exact) mass is 277 g/mol. The minimum absolute atomic E-state index is 0. The summed E-state index contributed by atoms with van der Waals surface area (Å²) in [5.74, 6) is 0.916. The van der Waals surface area contributed by atoms with Gasteiger partial charge in [0.05, 0.1) is 0 Å². The second kappa shape index (κ2) is 7.86. The summed E-state index contributed by atoms with van der Waals surface area (Å²) in [5.41, 5.74) is -0.574. The Bertz CT molecular complexity index is 237. The zero-order valence-electron chi connectivity index (χ0n) is 9.89. The van der Waals surface area contributed by atoms with Crippen LogP contribution >= 0.6 is 11.8 Å². The predicted octanol–water partition coefficient (Wildman–Crippen LogP) is -0.239. The Morgan fingerprint density at radius 3 is 2.62 bits per heavy atom. The van der Waals surface area contributed by atoms with E-state index >= 15 is 0 Å². The maximum atomic E-state index is 12.3. The summed E-state index contributed by atoms with van der Waals surface area (Å²) in [6.07, 6.45) is 0.961. The van der Waals surface area contributed by atoms with E-state index in [0.29, 0.717) is 5.25 Å². The first kappa shape index (κ1) is 17.5. The summed E-state index contributed by atoms with van der Waals surface area (Å²) in [5, 5.41) is 0.555. The maximum absolute atomic E-state index is 12.3. The first-order valence-corrected chi connectivity index (χ1v) is 6.16. The molecule has 0 saturated carbocycles. The third-order valence-corrected chi connectivity index (χ3v) is 3.77. The van der Waals surface area contributed by atoms with E-state index in [2.05, 4.69) is 13.5 Å². The van der Waals surface area contributed by atoms with Crippen LogP contribution < -0.4 is 51.4 Å². The van der Waals surface area contributed by atoms with Gasteiger partial charge in [-0.1, -0.05) is 6.92 Å². The number of rotatable bonds is 3. The van der Waals surface area contributed by atoms with Crippen molar-refractivity contribution >= 4 is 18.7 Å². The standard InChI is InChI=1S/C9H16BF3NS.K/c1-8(10(11,12)13)7-14-4-3-9(2)15-6-5-14;/h9H,1,3-7H2,2H3;/q-1;+1. The van der Waals surface area contributed by atoms with Gasteiger partial charge in [0.1, 0.15) is 0 Å².